The Hall–Kier alpha value is -3.27. The quantitative estimate of drug-likeness (QED) is 0.501. The molecule has 0 aliphatic carbocycles. The highest BCUT2D eigenvalue weighted by Crippen LogP contribution is 2.41. The lowest BCUT2D eigenvalue weighted by Gasteiger charge is -2.31. The highest BCUT2D eigenvalue weighted by molar-refractivity contribution is 7.92. The highest BCUT2D eigenvalue weighted by Gasteiger charge is 2.35. The van der Waals surface area contributed by atoms with Gasteiger partial charge in [0.05, 0.1) is 29.8 Å². The van der Waals surface area contributed by atoms with Crippen LogP contribution in [0.5, 0.6) is 11.5 Å². The molecule has 0 N–H and O–H groups in total. The number of hydrogen-bond donors (Lipinski definition) is 0. The van der Waals surface area contributed by atoms with Crippen LogP contribution in [0.1, 0.15) is 5.56 Å². The van der Waals surface area contributed by atoms with Gasteiger partial charge in [-0.1, -0.05) is 18.2 Å². The average molecular weight is 467 g/mol. The van der Waals surface area contributed by atoms with E-state index in [4.69, 9.17) is 9.47 Å². The summed E-state index contributed by atoms with van der Waals surface area (Å²) in [6.07, 6.45) is -4.71. The molecule has 0 radical (unpaired) electrons. The van der Waals surface area contributed by atoms with Crippen LogP contribution in [0, 0.1) is 5.82 Å². The predicted molar refractivity (Wildman–Crippen MR) is 110 cm³/mol. The van der Waals surface area contributed by atoms with E-state index < -0.39 is 32.5 Å². The first-order valence-electron chi connectivity index (χ1n) is 9.42. The third kappa shape index (κ3) is 3.97. The number of nitrogens with zero attached hydrogens (tertiary/aromatic N) is 1. The molecule has 1 aliphatic heterocycles. The maximum atomic E-state index is 14.9. The van der Waals surface area contributed by atoms with E-state index in [0.29, 0.717) is 22.9 Å². The van der Waals surface area contributed by atoms with Crippen molar-refractivity contribution in [1.82, 2.24) is 0 Å². The molecule has 5 nitrogen and oxygen atoms in total. The molecule has 0 amide bonds. The molecule has 3 aromatic rings. The van der Waals surface area contributed by atoms with E-state index in [1.807, 2.05) is 0 Å². The number of methoxy groups -OCH3 is 1. The second-order valence-corrected chi connectivity index (χ2v) is 8.85. The van der Waals surface area contributed by atoms with Crippen molar-refractivity contribution >= 4 is 15.7 Å². The lowest BCUT2D eigenvalue weighted by molar-refractivity contribution is -0.137. The van der Waals surface area contributed by atoms with Crippen molar-refractivity contribution in [2.45, 2.75) is 11.1 Å². The number of rotatable bonds is 4. The minimum absolute atomic E-state index is 0.0912. The Morgan fingerprint density at radius 3 is 2.47 bits per heavy atom. The van der Waals surface area contributed by atoms with Crippen molar-refractivity contribution in [3.63, 3.8) is 0 Å². The average Bonchev–Trinajstić information content (AvgIpc) is 2.78. The third-order valence-corrected chi connectivity index (χ3v) is 6.80. The summed E-state index contributed by atoms with van der Waals surface area (Å²) in [4.78, 5) is -0.549. The van der Waals surface area contributed by atoms with Gasteiger partial charge in [0.1, 0.15) is 12.4 Å². The van der Waals surface area contributed by atoms with Crippen molar-refractivity contribution in [1.29, 1.82) is 0 Å². The number of alkyl halides is 3. The summed E-state index contributed by atoms with van der Waals surface area (Å²) in [6.45, 7) is -0.340. The molecule has 10 heteroatoms. The SMILES string of the molecule is COc1cccc(-c2cc(F)c3c(c2)N(S(=O)(=O)c2cccc(C(F)(F)F)c2)CCO3)c1. The minimum atomic E-state index is -4.71. The van der Waals surface area contributed by atoms with Gasteiger partial charge in [-0.2, -0.15) is 13.2 Å². The monoisotopic (exact) mass is 467 g/mol. The maximum Gasteiger partial charge on any atom is 0.416 e. The standard InChI is InChI=1S/C22H17F4NO4S/c1-30-17-6-2-4-14(10-17)15-11-19(23)21-20(12-15)27(8-9-31-21)32(28,29)18-7-3-5-16(13-18)22(24,25)26/h2-7,10-13H,8-9H2,1H3. The fourth-order valence-electron chi connectivity index (χ4n) is 3.44. The minimum Gasteiger partial charge on any atom is -0.497 e. The predicted octanol–water partition coefficient (Wildman–Crippen LogP) is 5.11. The van der Waals surface area contributed by atoms with Crippen LogP contribution in [-0.4, -0.2) is 28.7 Å². The molecule has 0 bridgehead atoms. The van der Waals surface area contributed by atoms with E-state index in [9.17, 15) is 26.0 Å². The second kappa shape index (κ2) is 8.01. The van der Waals surface area contributed by atoms with Crippen LogP contribution in [0.2, 0.25) is 0 Å². The van der Waals surface area contributed by atoms with Crippen molar-refractivity contribution in [2.75, 3.05) is 24.6 Å². The van der Waals surface area contributed by atoms with Crippen LogP contribution >= 0.6 is 0 Å². The molecule has 1 aliphatic rings. The van der Waals surface area contributed by atoms with Crippen LogP contribution in [-0.2, 0) is 16.2 Å². The maximum absolute atomic E-state index is 14.9. The molecule has 0 aromatic heterocycles. The number of hydrogen-bond acceptors (Lipinski definition) is 4. The second-order valence-electron chi connectivity index (χ2n) is 6.99. The molecule has 0 spiro atoms. The van der Waals surface area contributed by atoms with Gasteiger partial charge < -0.3 is 9.47 Å². The largest absolute Gasteiger partial charge is 0.497 e. The third-order valence-electron chi connectivity index (χ3n) is 4.99. The highest BCUT2D eigenvalue weighted by atomic mass is 32.2. The van der Waals surface area contributed by atoms with Gasteiger partial charge in [-0.3, -0.25) is 4.31 Å². The Balaban J connectivity index is 1.83. The van der Waals surface area contributed by atoms with Gasteiger partial charge in [-0.05, 0) is 53.6 Å². The number of fused-ring (bicyclic) bond motifs is 1. The van der Waals surface area contributed by atoms with E-state index >= 15 is 0 Å². The van der Waals surface area contributed by atoms with E-state index in [0.717, 1.165) is 22.5 Å². The summed E-state index contributed by atoms with van der Waals surface area (Å²) in [5.41, 5.74) is -0.266. The first-order valence-corrected chi connectivity index (χ1v) is 10.9. The van der Waals surface area contributed by atoms with E-state index in [1.54, 1.807) is 24.3 Å². The summed E-state index contributed by atoms with van der Waals surface area (Å²) in [5, 5.41) is 0. The summed E-state index contributed by atoms with van der Waals surface area (Å²) in [6, 6.07) is 12.8. The van der Waals surface area contributed by atoms with Gasteiger partial charge in [0, 0.05) is 0 Å². The van der Waals surface area contributed by atoms with Crippen LogP contribution in [0.15, 0.2) is 65.6 Å². The molecular weight excluding hydrogens is 450 g/mol. The Morgan fingerprint density at radius 2 is 1.75 bits per heavy atom. The van der Waals surface area contributed by atoms with E-state index in [-0.39, 0.29) is 24.6 Å². The van der Waals surface area contributed by atoms with Gasteiger partial charge in [-0.15, -0.1) is 0 Å². The van der Waals surface area contributed by atoms with Crippen molar-refractivity contribution in [2.24, 2.45) is 0 Å². The molecule has 1 heterocycles. The molecule has 3 aromatic carbocycles. The molecular formula is C22H17F4NO4S. The van der Waals surface area contributed by atoms with Gasteiger partial charge in [0.2, 0.25) is 0 Å². The van der Waals surface area contributed by atoms with Crippen LogP contribution < -0.4 is 13.8 Å². The lowest BCUT2D eigenvalue weighted by atomic mass is 10.0. The van der Waals surface area contributed by atoms with Crippen LogP contribution in [0.3, 0.4) is 0 Å². The Kier molecular flexibility index (Phi) is 5.49. The number of halogens is 4. The van der Waals surface area contributed by atoms with Gasteiger partial charge in [-0.25, -0.2) is 12.8 Å². The van der Waals surface area contributed by atoms with Crippen molar-refractivity contribution in [3.8, 4) is 22.6 Å². The Labute approximate surface area is 181 Å². The fourth-order valence-corrected chi connectivity index (χ4v) is 4.93. The molecule has 0 saturated carbocycles. The van der Waals surface area contributed by atoms with Crippen molar-refractivity contribution in [3.05, 3.63) is 72.0 Å². The first-order chi connectivity index (χ1) is 15.1. The van der Waals surface area contributed by atoms with E-state index in [2.05, 4.69) is 0 Å². The molecule has 32 heavy (non-hydrogen) atoms. The Bertz CT molecular complexity index is 1280. The summed E-state index contributed by atoms with van der Waals surface area (Å²) in [5.74, 6) is -0.548. The first kappa shape index (κ1) is 21.9. The zero-order chi connectivity index (χ0) is 23.1. The molecule has 0 saturated heterocycles. The molecule has 0 fully saturated rings. The molecule has 4 rings (SSSR count). The normalized spacial score (nSPS) is 14.0. The Morgan fingerprint density at radius 1 is 1.00 bits per heavy atom. The molecule has 0 unspecified atom stereocenters. The fraction of sp³-hybridized carbons (Fsp3) is 0.182. The van der Waals surface area contributed by atoms with Gasteiger partial charge >= 0.3 is 6.18 Å². The smallest absolute Gasteiger partial charge is 0.416 e. The van der Waals surface area contributed by atoms with Gasteiger partial charge in [0.15, 0.2) is 11.6 Å². The van der Waals surface area contributed by atoms with E-state index in [1.165, 1.54) is 19.2 Å². The van der Waals surface area contributed by atoms with Crippen LogP contribution in [0.4, 0.5) is 23.2 Å². The topological polar surface area (TPSA) is 55.8 Å². The van der Waals surface area contributed by atoms with Crippen LogP contribution in [0.25, 0.3) is 11.1 Å². The number of sulfonamides is 1. The summed E-state index contributed by atoms with van der Waals surface area (Å²) < 4.78 is 92.1. The van der Waals surface area contributed by atoms with Gasteiger partial charge in [0.25, 0.3) is 10.0 Å². The zero-order valence-corrected chi connectivity index (χ0v) is 17.5. The van der Waals surface area contributed by atoms with Crippen molar-refractivity contribution < 1.29 is 35.5 Å². The molecule has 0 atom stereocenters. The number of ether oxygens (including phenoxy) is 2. The summed E-state index contributed by atoms with van der Waals surface area (Å²) in [7, 11) is -2.95. The number of benzene rings is 3. The lowest BCUT2D eigenvalue weighted by Crippen LogP contribution is -2.38. The number of anilines is 1. The zero-order valence-electron chi connectivity index (χ0n) is 16.7. The molecule has 168 valence electrons. The summed E-state index contributed by atoms with van der Waals surface area (Å²) >= 11 is 0.